The standard InChI is InChI=1S/C14H30N2S/c1-2-3-4-5-6-7-8-15-9-10-16-11-13-17-14-12-16/h15H,2-14H2,1H3. The fourth-order valence-electron chi connectivity index (χ4n) is 2.22. The van der Waals surface area contributed by atoms with Crippen LogP contribution in [0.25, 0.3) is 0 Å². The molecule has 0 aliphatic carbocycles. The van der Waals surface area contributed by atoms with Gasteiger partial charge in [0.05, 0.1) is 0 Å². The van der Waals surface area contributed by atoms with E-state index in [2.05, 4.69) is 28.9 Å². The molecule has 0 unspecified atom stereocenters. The van der Waals surface area contributed by atoms with Gasteiger partial charge in [0, 0.05) is 37.7 Å². The van der Waals surface area contributed by atoms with Crippen LogP contribution in [0.15, 0.2) is 0 Å². The minimum absolute atomic E-state index is 1.18. The summed E-state index contributed by atoms with van der Waals surface area (Å²) < 4.78 is 0. The fraction of sp³-hybridized carbons (Fsp3) is 1.00. The van der Waals surface area contributed by atoms with E-state index in [-0.39, 0.29) is 0 Å². The number of rotatable bonds is 10. The maximum Gasteiger partial charge on any atom is 0.0107 e. The minimum Gasteiger partial charge on any atom is -0.315 e. The first-order valence-corrected chi connectivity index (χ1v) is 8.59. The highest BCUT2D eigenvalue weighted by Crippen LogP contribution is 2.08. The van der Waals surface area contributed by atoms with Gasteiger partial charge in [0.1, 0.15) is 0 Å². The van der Waals surface area contributed by atoms with Crippen molar-refractivity contribution in [3.05, 3.63) is 0 Å². The van der Waals surface area contributed by atoms with Crippen LogP contribution in [0.5, 0.6) is 0 Å². The Hall–Kier alpha value is 0.270. The number of hydrogen-bond donors (Lipinski definition) is 1. The fourth-order valence-corrected chi connectivity index (χ4v) is 3.20. The lowest BCUT2D eigenvalue weighted by Gasteiger charge is -2.26. The van der Waals surface area contributed by atoms with Gasteiger partial charge in [-0.05, 0) is 13.0 Å². The molecule has 0 bridgehead atoms. The van der Waals surface area contributed by atoms with Crippen LogP contribution in [0.1, 0.15) is 45.4 Å². The summed E-state index contributed by atoms with van der Waals surface area (Å²) in [5.74, 6) is 2.66. The molecule has 102 valence electrons. The Morgan fingerprint density at radius 3 is 2.41 bits per heavy atom. The van der Waals surface area contributed by atoms with Crippen molar-refractivity contribution in [1.29, 1.82) is 0 Å². The van der Waals surface area contributed by atoms with Crippen LogP contribution in [0, 0.1) is 0 Å². The Bertz CT molecular complexity index is 158. The second kappa shape index (κ2) is 11.4. The Morgan fingerprint density at radius 2 is 1.65 bits per heavy atom. The number of nitrogens with one attached hydrogen (secondary N) is 1. The normalized spacial score (nSPS) is 17.5. The van der Waals surface area contributed by atoms with Crippen LogP contribution in [0.3, 0.4) is 0 Å². The molecule has 17 heavy (non-hydrogen) atoms. The first-order valence-electron chi connectivity index (χ1n) is 7.44. The second-order valence-corrected chi connectivity index (χ2v) is 6.20. The number of nitrogens with zero attached hydrogens (tertiary/aromatic N) is 1. The molecule has 0 aromatic carbocycles. The molecule has 0 amide bonds. The van der Waals surface area contributed by atoms with Gasteiger partial charge in [-0.3, -0.25) is 0 Å². The molecular formula is C14H30N2S. The van der Waals surface area contributed by atoms with E-state index in [4.69, 9.17) is 0 Å². The lowest BCUT2D eigenvalue weighted by molar-refractivity contribution is 0.301. The molecule has 1 aliphatic heterocycles. The summed E-state index contributed by atoms with van der Waals surface area (Å²) in [5, 5.41) is 3.58. The molecule has 1 aliphatic rings. The van der Waals surface area contributed by atoms with Crippen LogP contribution in [-0.4, -0.2) is 49.1 Å². The number of unbranched alkanes of at least 4 members (excludes halogenated alkanes) is 5. The maximum absolute atomic E-state index is 3.58. The predicted molar refractivity (Wildman–Crippen MR) is 80.0 cm³/mol. The van der Waals surface area contributed by atoms with Crippen LogP contribution < -0.4 is 5.32 Å². The quantitative estimate of drug-likeness (QED) is 0.607. The van der Waals surface area contributed by atoms with E-state index in [1.54, 1.807) is 0 Å². The van der Waals surface area contributed by atoms with E-state index in [0.29, 0.717) is 0 Å². The topological polar surface area (TPSA) is 15.3 Å². The monoisotopic (exact) mass is 258 g/mol. The smallest absolute Gasteiger partial charge is 0.0107 e. The van der Waals surface area contributed by atoms with Crippen molar-refractivity contribution in [3.63, 3.8) is 0 Å². The zero-order valence-electron chi connectivity index (χ0n) is 11.5. The summed E-state index contributed by atoms with van der Waals surface area (Å²) in [5.41, 5.74) is 0. The molecule has 0 radical (unpaired) electrons. The summed E-state index contributed by atoms with van der Waals surface area (Å²) >= 11 is 2.09. The number of hydrogen-bond acceptors (Lipinski definition) is 3. The van der Waals surface area contributed by atoms with Gasteiger partial charge >= 0.3 is 0 Å². The molecule has 1 fully saturated rings. The van der Waals surface area contributed by atoms with Crippen molar-refractivity contribution in [2.75, 3.05) is 44.2 Å². The highest BCUT2D eigenvalue weighted by atomic mass is 32.2. The van der Waals surface area contributed by atoms with Crippen LogP contribution in [0.4, 0.5) is 0 Å². The summed E-state index contributed by atoms with van der Waals surface area (Å²) in [7, 11) is 0. The molecule has 0 aromatic rings. The molecule has 0 spiro atoms. The molecule has 1 rings (SSSR count). The van der Waals surface area contributed by atoms with Crippen LogP contribution in [0.2, 0.25) is 0 Å². The zero-order valence-corrected chi connectivity index (χ0v) is 12.4. The van der Waals surface area contributed by atoms with Gasteiger partial charge in [-0.15, -0.1) is 0 Å². The largest absolute Gasteiger partial charge is 0.315 e. The highest BCUT2D eigenvalue weighted by molar-refractivity contribution is 7.99. The third-order valence-corrected chi connectivity index (χ3v) is 4.36. The molecule has 1 saturated heterocycles. The Labute approximate surface area is 112 Å². The second-order valence-electron chi connectivity index (χ2n) is 4.97. The van der Waals surface area contributed by atoms with Crippen molar-refractivity contribution in [1.82, 2.24) is 10.2 Å². The SMILES string of the molecule is CCCCCCCCNCCN1CCSCC1. The van der Waals surface area contributed by atoms with Gasteiger partial charge < -0.3 is 10.2 Å². The molecule has 1 N–H and O–H groups in total. The Kier molecular flexibility index (Phi) is 10.2. The maximum atomic E-state index is 3.58. The van der Waals surface area contributed by atoms with Gasteiger partial charge in [-0.1, -0.05) is 39.0 Å². The van der Waals surface area contributed by atoms with E-state index in [0.717, 1.165) is 0 Å². The third-order valence-electron chi connectivity index (χ3n) is 3.42. The van der Waals surface area contributed by atoms with Crippen molar-refractivity contribution >= 4 is 11.8 Å². The zero-order chi connectivity index (χ0) is 12.2. The first-order chi connectivity index (χ1) is 8.43. The molecule has 3 heteroatoms. The van der Waals surface area contributed by atoms with Gasteiger partial charge in [0.15, 0.2) is 0 Å². The van der Waals surface area contributed by atoms with Crippen LogP contribution in [-0.2, 0) is 0 Å². The minimum atomic E-state index is 1.18. The van der Waals surface area contributed by atoms with Gasteiger partial charge in [0.2, 0.25) is 0 Å². The summed E-state index contributed by atoms with van der Waals surface area (Å²) in [6, 6.07) is 0. The average molecular weight is 258 g/mol. The molecule has 0 saturated carbocycles. The summed E-state index contributed by atoms with van der Waals surface area (Å²) in [6.07, 6.45) is 8.40. The van der Waals surface area contributed by atoms with E-state index in [1.165, 1.54) is 82.8 Å². The van der Waals surface area contributed by atoms with Gasteiger partial charge in [0.25, 0.3) is 0 Å². The van der Waals surface area contributed by atoms with Crippen molar-refractivity contribution in [3.8, 4) is 0 Å². The van der Waals surface area contributed by atoms with Crippen molar-refractivity contribution < 1.29 is 0 Å². The lowest BCUT2D eigenvalue weighted by Crippen LogP contribution is -2.37. The highest BCUT2D eigenvalue weighted by Gasteiger charge is 2.08. The van der Waals surface area contributed by atoms with Crippen molar-refractivity contribution in [2.45, 2.75) is 45.4 Å². The predicted octanol–water partition coefficient (Wildman–Crippen LogP) is 2.99. The molecule has 0 atom stereocenters. The molecule has 1 heterocycles. The Morgan fingerprint density at radius 1 is 0.941 bits per heavy atom. The summed E-state index contributed by atoms with van der Waals surface area (Å²) in [6.45, 7) is 8.51. The van der Waals surface area contributed by atoms with Gasteiger partial charge in [-0.25, -0.2) is 0 Å². The van der Waals surface area contributed by atoms with Crippen molar-refractivity contribution in [2.24, 2.45) is 0 Å². The van der Waals surface area contributed by atoms with E-state index in [9.17, 15) is 0 Å². The van der Waals surface area contributed by atoms with E-state index in [1.807, 2.05) is 0 Å². The van der Waals surface area contributed by atoms with E-state index >= 15 is 0 Å². The lowest BCUT2D eigenvalue weighted by atomic mass is 10.1. The third kappa shape index (κ3) is 8.92. The molecular weight excluding hydrogens is 228 g/mol. The van der Waals surface area contributed by atoms with Crippen LogP contribution >= 0.6 is 11.8 Å². The first kappa shape index (κ1) is 15.3. The number of thioether (sulfide) groups is 1. The Balaban J connectivity index is 1.75. The molecule has 2 nitrogen and oxygen atoms in total. The average Bonchev–Trinajstić information content (AvgIpc) is 2.38. The van der Waals surface area contributed by atoms with E-state index < -0.39 is 0 Å². The van der Waals surface area contributed by atoms with Gasteiger partial charge in [-0.2, -0.15) is 11.8 Å². The summed E-state index contributed by atoms with van der Waals surface area (Å²) in [4.78, 5) is 2.59. The molecule has 0 aromatic heterocycles.